The van der Waals surface area contributed by atoms with E-state index in [0.717, 1.165) is 50.2 Å². The summed E-state index contributed by atoms with van der Waals surface area (Å²) in [6.07, 6.45) is 6.34. The number of carbonyl (C=O) groups is 2. The zero-order valence-corrected chi connectivity index (χ0v) is 13.6. The third-order valence-corrected chi connectivity index (χ3v) is 4.96. The molecule has 1 aromatic rings. The first kappa shape index (κ1) is 16.0. The van der Waals surface area contributed by atoms with Crippen LogP contribution in [0.25, 0.3) is 0 Å². The fourth-order valence-electron chi connectivity index (χ4n) is 3.60. The van der Waals surface area contributed by atoms with Gasteiger partial charge in [-0.15, -0.1) is 0 Å². The maximum Gasteiger partial charge on any atom is 0.242 e. The number of carbonyl (C=O) groups excluding carboxylic acids is 2. The number of amides is 2. The molecule has 2 amide bonds. The molecule has 1 atom stereocenters. The van der Waals surface area contributed by atoms with Gasteiger partial charge in [0.15, 0.2) is 0 Å². The van der Waals surface area contributed by atoms with E-state index in [1.54, 1.807) is 6.20 Å². The average molecular weight is 319 g/mol. The predicted octanol–water partition coefficient (Wildman–Crippen LogP) is 0.633. The van der Waals surface area contributed by atoms with Gasteiger partial charge in [-0.1, -0.05) is 12.8 Å². The van der Waals surface area contributed by atoms with Gasteiger partial charge in [0.2, 0.25) is 11.8 Å². The molecule has 0 bridgehead atoms. The molecule has 0 spiro atoms. The van der Waals surface area contributed by atoms with Crippen molar-refractivity contribution in [2.75, 3.05) is 13.1 Å². The second-order valence-electron chi connectivity index (χ2n) is 6.80. The lowest BCUT2D eigenvalue weighted by molar-refractivity contribution is -0.135. The smallest absolute Gasteiger partial charge is 0.242 e. The van der Waals surface area contributed by atoms with Crippen LogP contribution in [0.2, 0.25) is 0 Å². The molecule has 2 heterocycles. The van der Waals surface area contributed by atoms with E-state index in [1.807, 2.05) is 4.90 Å². The first-order valence-electron chi connectivity index (χ1n) is 8.34. The van der Waals surface area contributed by atoms with Crippen LogP contribution in [0, 0.1) is 0 Å². The van der Waals surface area contributed by atoms with Crippen molar-refractivity contribution in [1.82, 2.24) is 20.2 Å². The number of aromatic amines is 1. The number of rotatable bonds is 4. The standard InChI is InChI=1S/C16H25N5O2/c1-11(22)18-8-13-9-19-14(20-13)12-4-7-21(10-12)15(23)16(17)5-2-3-6-16/h9,12H,2-8,10,17H2,1H3,(H,18,22)(H,19,20)/t12-/m0/s1. The predicted molar refractivity (Wildman–Crippen MR) is 85.4 cm³/mol. The van der Waals surface area contributed by atoms with Crippen LogP contribution in [0.1, 0.15) is 56.5 Å². The number of imidazole rings is 1. The van der Waals surface area contributed by atoms with Gasteiger partial charge in [-0.2, -0.15) is 0 Å². The summed E-state index contributed by atoms with van der Waals surface area (Å²) in [6, 6.07) is 0. The van der Waals surface area contributed by atoms with Gasteiger partial charge in [0, 0.05) is 25.9 Å². The highest BCUT2D eigenvalue weighted by molar-refractivity contribution is 5.86. The molecule has 0 unspecified atom stereocenters. The third-order valence-electron chi connectivity index (χ3n) is 4.96. The molecule has 7 nitrogen and oxygen atoms in total. The van der Waals surface area contributed by atoms with Gasteiger partial charge in [-0.3, -0.25) is 9.59 Å². The molecule has 2 fully saturated rings. The van der Waals surface area contributed by atoms with Crippen molar-refractivity contribution in [2.24, 2.45) is 5.73 Å². The summed E-state index contributed by atoms with van der Waals surface area (Å²) < 4.78 is 0. The minimum absolute atomic E-state index is 0.0661. The second-order valence-corrected chi connectivity index (χ2v) is 6.80. The van der Waals surface area contributed by atoms with Gasteiger partial charge in [-0.05, 0) is 19.3 Å². The number of aromatic nitrogens is 2. The van der Waals surface area contributed by atoms with Crippen molar-refractivity contribution < 1.29 is 9.59 Å². The topological polar surface area (TPSA) is 104 Å². The highest BCUT2D eigenvalue weighted by atomic mass is 16.2. The maximum absolute atomic E-state index is 12.7. The van der Waals surface area contributed by atoms with Gasteiger partial charge >= 0.3 is 0 Å². The first-order chi connectivity index (χ1) is 11.0. The quantitative estimate of drug-likeness (QED) is 0.757. The molecule has 1 aliphatic carbocycles. The fraction of sp³-hybridized carbons (Fsp3) is 0.688. The molecule has 1 aliphatic heterocycles. The Morgan fingerprint density at radius 2 is 2.22 bits per heavy atom. The fourth-order valence-corrected chi connectivity index (χ4v) is 3.60. The van der Waals surface area contributed by atoms with Crippen molar-refractivity contribution in [3.63, 3.8) is 0 Å². The van der Waals surface area contributed by atoms with Crippen molar-refractivity contribution in [3.8, 4) is 0 Å². The number of nitrogens with zero attached hydrogens (tertiary/aromatic N) is 2. The summed E-state index contributed by atoms with van der Waals surface area (Å²) in [7, 11) is 0. The lowest BCUT2D eigenvalue weighted by Gasteiger charge is -2.28. The molecule has 0 radical (unpaired) electrons. The zero-order chi connectivity index (χ0) is 16.4. The molecular weight excluding hydrogens is 294 g/mol. The molecule has 1 saturated carbocycles. The minimum Gasteiger partial charge on any atom is -0.351 e. The van der Waals surface area contributed by atoms with Crippen molar-refractivity contribution in [1.29, 1.82) is 0 Å². The van der Waals surface area contributed by atoms with Crippen molar-refractivity contribution in [3.05, 3.63) is 17.7 Å². The Morgan fingerprint density at radius 1 is 1.48 bits per heavy atom. The van der Waals surface area contributed by atoms with Crippen LogP contribution in [0.3, 0.4) is 0 Å². The maximum atomic E-state index is 12.7. The normalized spacial score (nSPS) is 23.2. The molecule has 1 aromatic heterocycles. The lowest BCUT2D eigenvalue weighted by atomic mass is 9.97. The van der Waals surface area contributed by atoms with Crippen molar-refractivity contribution >= 4 is 11.8 Å². The number of nitrogens with one attached hydrogen (secondary N) is 2. The summed E-state index contributed by atoms with van der Waals surface area (Å²) in [5.74, 6) is 1.14. The van der Waals surface area contributed by atoms with Crippen LogP contribution >= 0.6 is 0 Å². The summed E-state index contributed by atoms with van der Waals surface area (Å²) in [6.45, 7) is 3.35. The molecule has 4 N–H and O–H groups in total. The van der Waals surface area contributed by atoms with E-state index < -0.39 is 5.54 Å². The zero-order valence-electron chi connectivity index (χ0n) is 13.6. The first-order valence-corrected chi connectivity index (χ1v) is 8.34. The molecular formula is C16H25N5O2. The molecule has 2 aliphatic rings. The molecule has 1 saturated heterocycles. The van der Waals surface area contributed by atoms with Gasteiger partial charge in [0.1, 0.15) is 5.82 Å². The number of likely N-dealkylation sites (tertiary alicyclic amines) is 1. The lowest BCUT2D eigenvalue weighted by Crippen LogP contribution is -2.52. The molecule has 7 heteroatoms. The van der Waals surface area contributed by atoms with E-state index in [9.17, 15) is 9.59 Å². The highest BCUT2D eigenvalue weighted by Crippen LogP contribution is 2.32. The number of hydrogen-bond acceptors (Lipinski definition) is 4. The Balaban J connectivity index is 1.59. The third kappa shape index (κ3) is 3.39. The SMILES string of the molecule is CC(=O)NCc1cnc([C@H]2CCN(C(=O)C3(N)CCCC3)C2)[nH]1. The van der Waals surface area contributed by atoms with Crippen LogP contribution in [-0.4, -0.2) is 45.3 Å². The monoisotopic (exact) mass is 319 g/mol. The highest BCUT2D eigenvalue weighted by Gasteiger charge is 2.42. The van der Waals surface area contributed by atoms with Gasteiger partial charge in [0.05, 0.1) is 24.0 Å². The summed E-state index contributed by atoms with van der Waals surface area (Å²) in [5, 5.41) is 2.74. The molecule has 126 valence electrons. The Hall–Kier alpha value is -1.89. The Labute approximate surface area is 136 Å². The van der Waals surface area contributed by atoms with E-state index >= 15 is 0 Å². The number of hydrogen-bond donors (Lipinski definition) is 3. The van der Waals surface area contributed by atoms with E-state index in [1.165, 1.54) is 6.92 Å². The number of H-pyrrole nitrogens is 1. The summed E-state index contributed by atoms with van der Waals surface area (Å²) in [5.41, 5.74) is 6.52. The van der Waals surface area contributed by atoms with E-state index in [0.29, 0.717) is 13.1 Å². The van der Waals surface area contributed by atoms with Crippen LogP contribution in [0.5, 0.6) is 0 Å². The van der Waals surface area contributed by atoms with Gasteiger partial charge in [0.25, 0.3) is 0 Å². The molecule has 3 rings (SSSR count). The average Bonchev–Trinajstić information content (AvgIpc) is 3.24. The molecule has 0 aromatic carbocycles. The van der Waals surface area contributed by atoms with Crippen LogP contribution in [-0.2, 0) is 16.1 Å². The summed E-state index contributed by atoms with van der Waals surface area (Å²) in [4.78, 5) is 33.2. The number of nitrogens with two attached hydrogens (primary N) is 1. The Morgan fingerprint density at radius 3 is 2.91 bits per heavy atom. The minimum atomic E-state index is -0.644. The molecule has 23 heavy (non-hydrogen) atoms. The van der Waals surface area contributed by atoms with Gasteiger partial charge in [-0.25, -0.2) is 4.98 Å². The Kier molecular flexibility index (Phi) is 4.39. The van der Waals surface area contributed by atoms with E-state index in [-0.39, 0.29) is 17.7 Å². The van der Waals surface area contributed by atoms with Gasteiger partial charge < -0.3 is 20.9 Å². The Bertz CT molecular complexity index is 591. The second kappa shape index (κ2) is 6.31. The van der Waals surface area contributed by atoms with E-state index in [2.05, 4.69) is 15.3 Å². The van der Waals surface area contributed by atoms with E-state index in [4.69, 9.17) is 5.73 Å². The van der Waals surface area contributed by atoms with Crippen molar-refractivity contribution in [2.45, 2.75) is 57.0 Å². The van der Waals surface area contributed by atoms with Crippen LogP contribution < -0.4 is 11.1 Å². The van der Waals surface area contributed by atoms with Crippen LogP contribution in [0.15, 0.2) is 6.20 Å². The summed E-state index contributed by atoms with van der Waals surface area (Å²) >= 11 is 0. The van der Waals surface area contributed by atoms with Crippen LogP contribution in [0.4, 0.5) is 0 Å². The largest absolute Gasteiger partial charge is 0.351 e.